The van der Waals surface area contributed by atoms with Crippen LogP contribution in [-0.2, 0) is 16.1 Å². The number of likely N-dealkylation sites (N-methyl/N-ethyl adjacent to an activating group) is 1. The lowest BCUT2D eigenvalue weighted by atomic mass is 10.2. The van der Waals surface area contributed by atoms with E-state index in [1.807, 2.05) is 0 Å². The van der Waals surface area contributed by atoms with Gasteiger partial charge in [-0.15, -0.1) is 0 Å². The van der Waals surface area contributed by atoms with Crippen LogP contribution < -0.4 is 0 Å². The normalized spacial score (nSPS) is 15.2. The minimum atomic E-state index is -0.963. The van der Waals surface area contributed by atoms with Crippen molar-refractivity contribution in [3.8, 4) is 0 Å². The van der Waals surface area contributed by atoms with Crippen molar-refractivity contribution in [1.29, 1.82) is 0 Å². The van der Waals surface area contributed by atoms with Gasteiger partial charge in [-0.05, 0) is 11.6 Å². The Labute approximate surface area is 117 Å². The number of nitro groups is 1. The summed E-state index contributed by atoms with van der Waals surface area (Å²) in [4.78, 5) is 46.1. The van der Waals surface area contributed by atoms with Crippen LogP contribution in [0.2, 0.25) is 5.02 Å². The van der Waals surface area contributed by atoms with E-state index in [-0.39, 0.29) is 17.3 Å². The van der Waals surface area contributed by atoms with Crippen LogP contribution in [0.15, 0.2) is 18.2 Å². The van der Waals surface area contributed by atoms with Gasteiger partial charge in [-0.25, -0.2) is 4.79 Å². The number of hydrogen-bond acceptors (Lipinski definition) is 5. The fraction of sp³-hybridized carbons (Fsp3) is 0.182. The van der Waals surface area contributed by atoms with E-state index in [2.05, 4.69) is 0 Å². The zero-order valence-corrected chi connectivity index (χ0v) is 11.0. The van der Waals surface area contributed by atoms with E-state index in [0.717, 1.165) is 11.0 Å². The predicted molar refractivity (Wildman–Crippen MR) is 66.8 cm³/mol. The van der Waals surface area contributed by atoms with Crippen molar-refractivity contribution in [1.82, 2.24) is 9.80 Å². The largest absolute Gasteiger partial charge is 0.334 e. The minimum absolute atomic E-state index is 0.0500. The first-order chi connectivity index (χ1) is 9.32. The van der Waals surface area contributed by atoms with Crippen molar-refractivity contribution in [2.45, 2.75) is 6.54 Å². The zero-order chi connectivity index (χ0) is 15.0. The summed E-state index contributed by atoms with van der Waals surface area (Å²) >= 11 is 5.66. The highest BCUT2D eigenvalue weighted by Gasteiger charge is 2.42. The van der Waals surface area contributed by atoms with Gasteiger partial charge in [0.05, 0.1) is 11.5 Å². The topological polar surface area (TPSA) is 101 Å². The Bertz CT molecular complexity index is 645. The maximum atomic E-state index is 11.7. The van der Waals surface area contributed by atoms with Gasteiger partial charge in [0.1, 0.15) is 5.02 Å². The van der Waals surface area contributed by atoms with E-state index in [1.54, 1.807) is 0 Å². The van der Waals surface area contributed by atoms with Crippen molar-refractivity contribution in [3.63, 3.8) is 0 Å². The number of urea groups is 1. The summed E-state index contributed by atoms with van der Waals surface area (Å²) in [6.45, 7) is -0.230. The number of amides is 4. The molecular weight excluding hydrogens is 290 g/mol. The number of imide groups is 2. The summed E-state index contributed by atoms with van der Waals surface area (Å²) in [5.74, 6) is -1.89. The molecule has 4 amide bonds. The molecule has 1 heterocycles. The third-order valence-corrected chi connectivity index (χ3v) is 3.12. The van der Waals surface area contributed by atoms with Gasteiger partial charge < -0.3 is 0 Å². The molecule has 1 aliphatic rings. The van der Waals surface area contributed by atoms with Crippen molar-refractivity contribution in [2.24, 2.45) is 0 Å². The maximum Gasteiger partial charge on any atom is 0.334 e. The highest BCUT2D eigenvalue weighted by Crippen LogP contribution is 2.26. The minimum Gasteiger partial charge on any atom is -0.263 e. The number of nitro benzene ring substituents is 1. The van der Waals surface area contributed by atoms with Crippen LogP contribution in [0.5, 0.6) is 0 Å². The third-order valence-electron chi connectivity index (χ3n) is 2.80. The SMILES string of the molecule is CN1C(=O)C(=O)N(Cc2ccc(Cl)c([N+](=O)[O-])c2)C1=O. The first-order valence-corrected chi connectivity index (χ1v) is 5.77. The quantitative estimate of drug-likeness (QED) is 0.361. The van der Waals surface area contributed by atoms with Gasteiger partial charge in [-0.1, -0.05) is 17.7 Å². The Morgan fingerprint density at radius 1 is 1.25 bits per heavy atom. The highest BCUT2D eigenvalue weighted by molar-refractivity contribution is 6.44. The Kier molecular flexibility index (Phi) is 3.41. The molecular formula is C11H8ClN3O5. The van der Waals surface area contributed by atoms with Crippen LogP contribution in [0.25, 0.3) is 0 Å². The lowest BCUT2D eigenvalue weighted by Gasteiger charge is -2.12. The van der Waals surface area contributed by atoms with E-state index in [9.17, 15) is 24.5 Å². The number of rotatable bonds is 3. The van der Waals surface area contributed by atoms with Crippen LogP contribution in [0.4, 0.5) is 10.5 Å². The second-order valence-corrected chi connectivity index (χ2v) is 4.49. The maximum absolute atomic E-state index is 11.7. The van der Waals surface area contributed by atoms with Crippen LogP contribution >= 0.6 is 11.6 Å². The molecule has 0 N–H and O–H groups in total. The molecule has 104 valence electrons. The van der Waals surface area contributed by atoms with E-state index in [4.69, 9.17) is 11.6 Å². The number of carbonyl (C=O) groups excluding carboxylic acids is 3. The molecule has 0 unspecified atom stereocenters. The van der Waals surface area contributed by atoms with Crippen molar-refractivity contribution < 1.29 is 19.3 Å². The Morgan fingerprint density at radius 2 is 1.90 bits per heavy atom. The molecule has 1 aromatic rings. The van der Waals surface area contributed by atoms with Gasteiger partial charge in [0.2, 0.25) is 0 Å². The van der Waals surface area contributed by atoms with Crippen molar-refractivity contribution in [3.05, 3.63) is 38.9 Å². The van der Waals surface area contributed by atoms with Gasteiger partial charge in [-0.3, -0.25) is 29.5 Å². The summed E-state index contributed by atoms with van der Waals surface area (Å²) in [6.07, 6.45) is 0. The third kappa shape index (κ3) is 2.21. The number of halogens is 1. The fourth-order valence-electron chi connectivity index (χ4n) is 1.73. The van der Waals surface area contributed by atoms with Gasteiger partial charge in [0.25, 0.3) is 5.69 Å². The number of nitrogens with zero attached hydrogens (tertiary/aromatic N) is 3. The molecule has 2 rings (SSSR count). The summed E-state index contributed by atoms with van der Waals surface area (Å²) in [6, 6.07) is 3.13. The summed E-state index contributed by atoms with van der Waals surface area (Å²) in [5.41, 5.74) is -0.00570. The van der Waals surface area contributed by atoms with Crippen LogP contribution in [0, 0.1) is 10.1 Å². The average molecular weight is 298 g/mol. The number of hydrogen-bond donors (Lipinski definition) is 0. The van der Waals surface area contributed by atoms with E-state index < -0.39 is 22.8 Å². The molecule has 0 atom stereocenters. The Hall–Kier alpha value is -2.48. The van der Waals surface area contributed by atoms with Gasteiger partial charge in [-0.2, -0.15) is 0 Å². The smallest absolute Gasteiger partial charge is 0.263 e. The van der Waals surface area contributed by atoms with Gasteiger partial charge in [0, 0.05) is 13.1 Å². The average Bonchev–Trinajstić information content (AvgIpc) is 2.58. The molecule has 8 nitrogen and oxygen atoms in total. The number of carbonyl (C=O) groups is 3. The molecule has 1 fully saturated rings. The second kappa shape index (κ2) is 4.89. The van der Waals surface area contributed by atoms with Crippen molar-refractivity contribution >= 4 is 35.1 Å². The molecule has 0 aromatic heterocycles. The van der Waals surface area contributed by atoms with Crippen molar-refractivity contribution in [2.75, 3.05) is 7.05 Å². The molecule has 20 heavy (non-hydrogen) atoms. The monoisotopic (exact) mass is 297 g/mol. The summed E-state index contributed by atoms with van der Waals surface area (Å²) in [7, 11) is 1.19. The predicted octanol–water partition coefficient (Wildman–Crippen LogP) is 1.17. The molecule has 0 spiro atoms. The molecule has 1 saturated heterocycles. The Balaban J connectivity index is 2.29. The molecule has 9 heteroatoms. The van der Waals surface area contributed by atoms with Crippen LogP contribution in [0.1, 0.15) is 5.56 Å². The first-order valence-electron chi connectivity index (χ1n) is 5.39. The standard InChI is InChI=1S/C11H8ClN3O5/c1-13-9(16)10(17)14(11(13)18)5-6-2-3-7(12)8(4-6)15(19)20/h2-4H,5H2,1H3. The molecule has 0 saturated carbocycles. The molecule has 1 aliphatic heterocycles. The second-order valence-electron chi connectivity index (χ2n) is 4.08. The molecule has 0 radical (unpaired) electrons. The summed E-state index contributed by atoms with van der Waals surface area (Å²) in [5, 5.41) is 10.7. The fourth-order valence-corrected chi connectivity index (χ4v) is 1.92. The number of benzene rings is 1. The van der Waals surface area contributed by atoms with E-state index in [0.29, 0.717) is 10.5 Å². The first kappa shape index (κ1) is 13.9. The van der Waals surface area contributed by atoms with Gasteiger partial charge >= 0.3 is 17.8 Å². The van der Waals surface area contributed by atoms with E-state index >= 15 is 0 Å². The summed E-state index contributed by atoms with van der Waals surface area (Å²) < 4.78 is 0. The Morgan fingerprint density at radius 3 is 2.40 bits per heavy atom. The highest BCUT2D eigenvalue weighted by atomic mass is 35.5. The van der Waals surface area contributed by atoms with E-state index in [1.165, 1.54) is 19.2 Å². The molecule has 1 aromatic carbocycles. The van der Waals surface area contributed by atoms with Crippen LogP contribution in [-0.4, -0.2) is 39.6 Å². The van der Waals surface area contributed by atoms with Crippen LogP contribution in [0.3, 0.4) is 0 Å². The lowest BCUT2D eigenvalue weighted by Crippen LogP contribution is -2.31. The lowest BCUT2D eigenvalue weighted by molar-refractivity contribution is -0.384. The molecule has 0 bridgehead atoms. The molecule has 0 aliphatic carbocycles. The zero-order valence-electron chi connectivity index (χ0n) is 10.2. The van der Waals surface area contributed by atoms with Gasteiger partial charge in [0.15, 0.2) is 0 Å².